The van der Waals surface area contributed by atoms with Gasteiger partial charge < -0.3 is 10.1 Å². The van der Waals surface area contributed by atoms with Crippen LogP contribution in [-0.4, -0.2) is 47.0 Å². The van der Waals surface area contributed by atoms with Crippen molar-refractivity contribution < 1.29 is 22.3 Å². The van der Waals surface area contributed by atoms with Gasteiger partial charge in [0, 0.05) is 24.2 Å². The average Bonchev–Trinajstić information content (AvgIpc) is 3.21. The molecule has 30 heavy (non-hydrogen) atoms. The van der Waals surface area contributed by atoms with Gasteiger partial charge in [-0.1, -0.05) is 6.07 Å². The summed E-state index contributed by atoms with van der Waals surface area (Å²) in [5, 5.41) is 9.61. The highest BCUT2D eigenvalue weighted by molar-refractivity contribution is 9.10. The topological polar surface area (TPSA) is 86.3 Å². The lowest BCUT2D eigenvalue weighted by molar-refractivity contribution is 0.113. The number of piperidine rings is 1. The molecule has 10 heteroatoms. The van der Waals surface area contributed by atoms with Gasteiger partial charge in [-0.05, 0) is 59.1 Å². The Hall–Kier alpha value is -2.14. The number of sulfonamides is 1. The van der Waals surface area contributed by atoms with E-state index < -0.39 is 32.7 Å². The van der Waals surface area contributed by atoms with Crippen LogP contribution in [0.2, 0.25) is 0 Å². The van der Waals surface area contributed by atoms with Gasteiger partial charge in [0.25, 0.3) is 0 Å². The third-order valence-corrected chi connectivity index (χ3v) is 7.61. The normalized spacial score (nSPS) is 16.1. The molecule has 1 aliphatic rings. The van der Waals surface area contributed by atoms with Crippen LogP contribution >= 0.6 is 15.9 Å². The number of nitrogens with one attached hydrogen (secondary N) is 1. The molecule has 0 radical (unpaired) electrons. The number of aromatic amines is 1. The first kappa shape index (κ1) is 21.1. The average molecular weight is 498 g/mol. The molecular formula is C20H18BrF2N3O3S. The summed E-state index contributed by atoms with van der Waals surface area (Å²) in [5.41, 5.74) is 1.49. The smallest absolute Gasteiger partial charge is 0.246 e. The van der Waals surface area contributed by atoms with E-state index in [0.717, 1.165) is 6.07 Å². The van der Waals surface area contributed by atoms with Crippen molar-refractivity contribution in [2.75, 3.05) is 13.1 Å². The Morgan fingerprint density at radius 3 is 2.47 bits per heavy atom. The van der Waals surface area contributed by atoms with Crippen molar-refractivity contribution >= 4 is 26.0 Å². The number of aromatic nitrogens is 2. The minimum atomic E-state index is -4.05. The molecule has 4 rings (SSSR count). The highest BCUT2D eigenvalue weighted by Crippen LogP contribution is 2.29. The zero-order chi connectivity index (χ0) is 21.5. The SMILES string of the molecule is O=S(=O)(c1cc(-c2ncc(-c3ccc(Br)c(F)c3)[nH]2)ccc1F)N1CCC(O)CC1. The molecule has 1 aliphatic heterocycles. The number of benzene rings is 2. The van der Waals surface area contributed by atoms with Crippen LogP contribution in [0.25, 0.3) is 22.6 Å². The lowest BCUT2D eigenvalue weighted by Gasteiger charge is -2.28. The first-order valence-electron chi connectivity index (χ1n) is 9.24. The molecule has 1 fully saturated rings. The second-order valence-corrected chi connectivity index (χ2v) is 9.82. The Morgan fingerprint density at radius 2 is 1.77 bits per heavy atom. The van der Waals surface area contributed by atoms with Crippen LogP contribution in [0.4, 0.5) is 8.78 Å². The zero-order valence-corrected chi connectivity index (χ0v) is 18.1. The maximum absolute atomic E-state index is 14.4. The van der Waals surface area contributed by atoms with E-state index in [1.807, 2.05) is 0 Å². The maximum Gasteiger partial charge on any atom is 0.246 e. The Kier molecular flexibility index (Phi) is 5.75. The molecule has 0 bridgehead atoms. The fraction of sp³-hybridized carbons (Fsp3) is 0.250. The number of aliphatic hydroxyl groups is 1. The van der Waals surface area contributed by atoms with Crippen molar-refractivity contribution in [2.24, 2.45) is 0 Å². The van der Waals surface area contributed by atoms with Gasteiger partial charge in [-0.25, -0.2) is 22.2 Å². The van der Waals surface area contributed by atoms with Crippen LogP contribution in [-0.2, 0) is 10.0 Å². The summed E-state index contributed by atoms with van der Waals surface area (Å²) in [6, 6.07) is 8.37. The highest BCUT2D eigenvalue weighted by Gasteiger charge is 2.31. The number of nitrogens with zero attached hydrogens (tertiary/aromatic N) is 2. The van der Waals surface area contributed by atoms with Crippen LogP contribution in [0.15, 0.2) is 52.0 Å². The number of rotatable bonds is 4. The predicted molar refractivity (Wildman–Crippen MR) is 111 cm³/mol. The van der Waals surface area contributed by atoms with E-state index >= 15 is 0 Å². The van der Waals surface area contributed by atoms with Gasteiger partial charge in [-0.15, -0.1) is 0 Å². The first-order chi connectivity index (χ1) is 14.3. The van der Waals surface area contributed by atoms with E-state index in [1.54, 1.807) is 12.1 Å². The molecule has 2 aromatic carbocycles. The van der Waals surface area contributed by atoms with Gasteiger partial charge in [0.2, 0.25) is 10.0 Å². The molecule has 2 heterocycles. The summed E-state index contributed by atoms with van der Waals surface area (Å²) >= 11 is 3.10. The summed E-state index contributed by atoms with van der Waals surface area (Å²) in [4.78, 5) is 6.81. The summed E-state index contributed by atoms with van der Waals surface area (Å²) in [6.07, 6.45) is 1.58. The highest BCUT2D eigenvalue weighted by atomic mass is 79.9. The summed E-state index contributed by atoms with van der Waals surface area (Å²) in [5.74, 6) is -0.948. The molecule has 0 amide bonds. The van der Waals surface area contributed by atoms with Gasteiger partial charge in [0.15, 0.2) is 0 Å². The van der Waals surface area contributed by atoms with Crippen molar-refractivity contribution in [3.8, 4) is 22.6 Å². The van der Waals surface area contributed by atoms with Crippen LogP contribution in [0.5, 0.6) is 0 Å². The molecule has 0 aliphatic carbocycles. The molecule has 0 atom stereocenters. The molecule has 0 spiro atoms. The molecule has 1 aromatic heterocycles. The van der Waals surface area contributed by atoms with Gasteiger partial charge >= 0.3 is 0 Å². The van der Waals surface area contributed by atoms with Crippen LogP contribution in [0, 0.1) is 11.6 Å². The minimum absolute atomic E-state index is 0.132. The first-order valence-corrected chi connectivity index (χ1v) is 11.5. The van der Waals surface area contributed by atoms with Gasteiger partial charge in [-0.3, -0.25) is 0 Å². The molecule has 1 saturated heterocycles. The van der Waals surface area contributed by atoms with Crippen LogP contribution in [0.1, 0.15) is 12.8 Å². The second kappa shape index (κ2) is 8.18. The lowest BCUT2D eigenvalue weighted by Crippen LogP contribution is -2.40. The van der Waals surface area contributed by atoms with Gasteiger partial charge in [0.05, 0.1) is 22.5 Å². The number of aliphatic hydroxyl groups excluding tert-OH is 1. The molecular weight excluding hydrogens is 480 g/mol. The van der Waals surface area contributed by atoms with Gasteiger partial charge in [-0.2, -0.15) is 4.31 Å². The Balaban J connectivity index is 1.67. The summed E-state index contributed by atoms with van der Waals surface area (Å²) in [6.45, 7) is 0.264. The van der Waals surface area contributed by atoms with Crippen molar-refractivity contribution in [3.05, 3.63) is 58.7 Å². The Bertz CT molecular complexity index is 1190. The fourth-order valence-corrected chi connectivity index (χ4v) is 5.15. The molecule has 0 saturated carbocycles. The zero-order valence-electron chi connectivity index (χ0n) is 15.6. The summed E-state index contributed by atoms with van der Waals surface area (Å²) < 4.78 is 55.6. The van der Waals surface area contributed by atoms with Gasteiger partial charge in [0.1, 0.15) is 22.4 Å². The minimum Gasteiger partial charge on any atom is -0.393 e. The molecule has 3 aromatic rings. The second-order valence-electron chi connectivity index (χ2n) is 7.05. The fourth-order valence-electron chi connectivity index (χ4n) is 3.35. The third kappa shape index (κ3) is 4.04. The Labute approximate surface area is 180 Å². The van der Waals surface area contributed by atoms with E-state index in [0.29, 0.717) is 40.0 Å². The lowest BCUT2D eigenvalue weighted by atomic mass is 10.1. The van der Waals surface area contributed by atoms with E-state index in [9.17, 15) is 22.3 Å². The van der Waals surface area contributed by atoms with E-state index in [4.69, 9.17) is 0 Å². The molecule has 158 valence electrons. The van der Waals surface area contributed by atoms with E-state index in [2.05, 4.69) is 25.9 Å². The standard InChI is InChI=1S/C20H18BrF2N3O3S/c21-15-3-1-12(9-17(15)23)18-11-24-20(25-18)13-2-4-16(22)19(10-13)30(28,29)26-7-5-14(27)6-8-26/h1-4,9-11,14,27H,5-8H2,(H,24,25). The number of hydrogen-bond acceptors (Lipinski definition) is 4. The number of imidazole rings is 1. The molecule has 2 N–H and O–H groups in total. The summed E-state index contributed by atoms with van der Waals surface area (Å²) in [7, 11) is -4.05. The largest absolute Gasteiger partial charge is 0.393 e. The van der Waals surface area contributed by atoms with Crippen LogP contribution < -0.4 is 0 Å². The predicted octanol–water partition coefficient (Wildman–Crippen LogP) is 3.93. The Morgan fingerprint density at radius 1 is 1.07 bits per heavy atom. The molecule has 0 unspecified atom stereocenters. The molecule has 6 nitrogen and oxygen atoms in total. The third-order valence-electron chi connectivity index (χ3n) is 5.05. The number of H-pyrrole nitrogens is 1. The van der Waals surface area contributed by atoms with Crippen molar-refractivity contribution in [1.29, 1.82) is 0 Å². The number of hydrogen-bond donors (Lipinski definition) is 2. The quantitative estimate of drug-likeness (QED) is 0.571. The number of halogens is 3. The van der Waals surface area contributed by atoms with E-state index in [1.165, 1.54) is 28.7 Å². The maximum atomic E-state index is 14.4. The van der Waals surface area contributed by atoms with Crippen molar-refractivity contribution in [1.82, 2.24) is 14.3 Å². The van der Waals surface area contributed by atoms with Crippen molar-refractivity contribution in [3.63, 3.8) is 0 Å². The van der Waals surface area contributed by atoms with E-state index in [-0.39, 0.29) is 13.1 Å². The van der Waals surface area contributed by atoms with Crippen molar-refractivity contribution in [2.45, 2.75) is 23.8 Å². The van der Waals surface area contributed by atoms with Crippen LogP contribution in [0.3, 0.4) is 0 Å². The monoisotopic (exact) mass is 497 g/mol.